The number of halogens is 2. The SMILES string of the molecule is N/N=C(/CSc1n[nH]c(-c2ccc(-c3cc(Cl)cc(Cl)c3)o2)n1)NN. The van der Waals surface area contributed by atoms with Crippen molar-refractivity contribution < 1.29 is 4.42 Å². The van der Waals surface area contributed by atoms with Crippen LogP contribution in [0.4, 0.5) is 0 Å². The maximum atomic E-state index is 6.02. The second-order valence-corrected chi connectivity index (χ2v) is 6.61. The predicted octanol–water partition coefficient (Wildman–Crippen LogP) is 2.87. The van der Waals surface area contributed by atoms with Gasteiger partial charge in [-0.25, -0.2) is 5.84 Å². The van der Waals surface area contributed by atoms with E-state index in [-0.39, 0.29) is 0 Å². The van der Waals surface area contributed by atoms with Crippen LogP contribution >= 0.6 is 35.0 Å². The van der Waals surface area contributed by atoms with E-state index in [2.05, 4.69) is 25.7 Å². The molecule has 2 aromatic heterocycles. The molecule has 0 unspecified atom stereocenters. The maximum absolute atomic E-state index is 6.02. The van der Waals surface area contributed by atoms with Crippen LogP contribution in [0.2, 0.25) is 10.0 Å². The van der Waals surface area contributed by atoms with E-state index >= 15 is 0 Å². The molecule has 0 bridgehead atoms. The van der Waals surface area contributed by atoms with E-state index in [9.17, 15) is 0 Å². The minimum atomic E-state index is 0.411. The van der Waals surface area contributed by atoms with Crippen LogP contribution in [0.25, 0.3) is 22.9 Å². The normalized spacial score (nSPS) is 11.7. The van der Waals surface area contributed by atoms with E-state index in [1.807, 2.05) is 6.07 Å². The molecule has 0 aliphatic carbocycles. The number of thioether (sulfide) groups is 1. The Kier molecular flexibility index (Phi) is 5.49. The summed E-state index contributed by atoms with van der Waals surface area (Å²) in [5.41, 5.74) is 3.16. The van der Waals surface area contributed by atoms with Crippen molar-refractivity contribution in [1.82, 2.24) is 20.6 Å². The van der Waals surface area contributed by atoms with Crippen molar-refractivity contribution in [2.45, 2.75) is 5.16 Å². The second-order valence-electron chi connectivity index (χ2n) is 4.80. The zero-order valence-electron chi connectivity index (χ0n) is 12.7. The number of hydrazine groups is 1. The summed E-state index contributed by atoms with van der Waals surface area (Å²) in [6.45, 7) is 0. The Morgan fingerprint density at radius 2 is 1.96 bits per heavy atom. The number of H-pyrrole nitrogens is 1. The van der Waals surface area contributed by atoms with E-state index < -0.39 is 0 Å². The molecule has 11 heteroatoms. The number of nitrogens with zero attached hydrogens (tertiary/aromatic N) is 3. The smallest absolute Gasteiger partial charge is 0.209 e. The fourth-order valence-electron chi connectivity index (χ4n) is 1.99. The van der Waals surface area contributed by atoms with Crippen LogP contribution in [0, 0.1) is 0 Å². The topological polar surface area (TPSA) is 131 Å². The molecule has 0 aliphatic rings. The van der Waals surface area contributed by atoms with Crippen LogP contribution in [0.3, 0.4) is 0 Å². The molecule has 0 fully saturated rings. The molecule has 3 aromatic rings. The van der Waals surface area contributed by atoms with Gasteiger partial charge < -0.3 is 15.7 Å². The first kappa shape index (κ1) is 17.6. The van der Waals surface area contributed by atoms with Gasteiger partial charge >= 0.3 is 0 Å². The van der Waals surface area contributed by atoms with Gasteiger partial charge in [0, 0.05) is 15.6 Å². The number of hydrogen-bond acceptors (Lipinski definition) is 7. The first-order valence-corrected chi connectivity index (χ1v) is 8.68. The van der Waals surface area contributed by atoms with Crippen LogP contribution < -0.4 is 17.1 Å². The minimum Gasteiger partial charge on any atom is -0.453 e. The zero-order chi connectivity index (χ0) is 17.8. The lowest BCUT2D eigenvalue weighted by molar-refractivity contribution is 0.592. The van der Waals surface area contributed by atoms with Crippen molar-refractivity contribution in [3.63, 3.8) is 0 Å². The molecule has 0 radical (unpaired) electrons. The fourth-order valence-corrected chi connectivity index (χ4v) is 3.20. The summed E-state index contributed by atoms with van der Waals surface area (Å²) >= 11 is 13.4. The number of hydrazone groups is 1. The number of nitrogens with two attached hydrogens (primary N) is 2. The van der Waals surface area contributed by atoms with E-state index in [1.165, 1.54) is 11.8 Å². The molecule has 6 N–H and O–H groups in total. The van der Waals surface area contributed by atoms with Crippen LogP contribution in [-0.4, -0.2) is 26.8 Å². The van der Waals surface area contributed by atoms with Gasteiger partial charge in [-0.3, -0.25) is 5.10 Å². The molecular weight excluding hydrogens is 385 g/mol. The highest BCUT2D eigenvalue weighted by Crippen LogP contribution is 2.31. The lowest BCUT2D eigenvalue weighted by atomic mass is 10.2. The monoisotopic (exact) mass is 397 g/mol. The molecule has 25 heavy (non-hydrogen) atoms. The van der Waals surface area contributed by atoms with Crippen molar-refractivity contribution >= 4 is 40.8 Å². The highest BCUT2D eigenvalue weighted by atomic mass is 35.5. The molecule has 0 atom stereocenters. The number of rotatable bonds is 5. The van der Waals surface area contributed by atoms with Gasteiger partial charge in [-0.05, 0) is 30.3 Å². The van der Waals surface area contributed by atoms with E-state index in [0.29, 0.717) is 44.1 Å². The Labute approximate surface area is 156 Å². The molecule has 1 aromatic carbocycles. The molecule has 3 rings (SSSR count). The quantitative estimate of drug-likeness (QED) is 0.171. The summed E-state index contributed by atoms with van der Waals surface area (Å²) in [6.07, 6.45) is 0. The predicted molar refractivity (Wildman–Crippen MR) is 99.2 cm³/mol. The fraction of sp³-hybridized carbons (Fsp3) is 0.0714. The minimum absolute atomic E-state index is 0.411. The molecule has 130 valence electrons. The number of furan rings is 1. The van der Waals surface area contributed by atoms with E-state index in [4.69, 9.17) is 39.3 Å². The summed E-state index contributed by atoms with van der Waals surface area (Å²) in [6, 6.07) is 8.79. The first-order valence-electron chi connectivity index (χ1n) is 6.94. The van der Waals surface area contributed by atoms with Crippen LogP contribution in [0.15, 0.2) is 45.0 Å². The van der Waals surface area contributed by atoms with Crippen molar-refractivity contribution in [2.75, 3.05) is 5.75 Å². The Hall–Kier alpha value is -2.20. The van der Waals surface area contributed by atoms with Gasteiger partial charge in [-0.15, -0.1) is 5.10 Å². The number of amidine groups is 1. The van der Waals surface area contributed by atoms with Gasteiger partial charge in [-0.1, -0.05) is 35.0 Å². The molecule has 0 aliphatic heterocycles. The van der Waals surface area contributed by atoms with E-state index in [1.54, 1.807) is 24.3 Å². The zero-order valence-corrected chi connectivity index (χ0v) is 15.0. The van der Waals surface area contributed by atoms with Gasteiger partial charge in [0.2, 0.25) is 5.16 Å². The van der Waals surface area contributed by atoms with Crippen molar-refractivity contribution in [2.24, 2.45) is 16.8 Å². The summed E-state index contributed by atoms with van der Waals surface area (Å²) in [5, 5.41) is 12.0. The van der Waals surface area contributed by atoms with Crippen molar-refractivity contribution in [3.8, 4) is 22.9 Å². The number of hydrogen-bond donors (Lipinski definition) is 4. The second kappa shape index (κ2) is 7.79. The maximum Gasteiger partial charge on any atom is 0.209 e. The molecule has 0 spiro atoms. The number of aromatic nitrogens is 3. The summed E-state index contributed by atoms with van der Waals surface area (Å²) in [5.74, 6) is 12.9. The van der Waals surface area contributed by atoms with Gasteiger partial charge in [0.25, 0.3) is 0 Å². The lowest BCUT2D eigenvalue weighted by Crippen LogP contribution is -2.33. The number of benzene rings is 1. The first-order chi connectivity index (χ1) is 12.1. The largest absolute Gasteiger partial charge is 0.453 e. The number of aromatic amines is 1. The Morgan fingerprint density at radius 3 is 2.64 bits per heavy atom. The van der Waals surface area contributed by atoms with Crippen LogP contribution in [0.1, 0.15) is 0 Å². The lowest BCUT2D eigenvalue weighted by Gasteiger charge is -2.00. The standard InChI is InChI=1S/C14H13Cl2N7OS/c15-8-3-7(4-9(16)5-8)10-1-2-11(24-10)13-19-14(23-22-13)25-6-12(20-17)21-18/h1-5H,6,17-18H2,(H,20,21)(H,19,22,23). The Balaban J connectivity index is 1.76. The van der Waals surface area contributed by atoms with Crippen molar-refractivity contribution in [1.29, 1.82) is 0 Å². The van der Waals surface area contributed by atoms with Crippen LogP contribution in [0.5, 0.6) is 0 Å². The molecule has 2 heterocycles. The molecule has 8 nitrogen and oxygen atoms in total. The highest BCUT2D eigenvalue weighted by molar-refractivity contribution is 7.99. The van der Waals surface area contributed by atoms with Crippen LogP contribution in [-0.2, 0) is 0 Å². The average molecular weight is 398 g/mol. The van der Waals surface area contributed by atoms with Crippen molar-refractivity contribution in [3.05, 3.63) is 40.4 Å². The van der Waals surface area contributed by atoms with Gasteiger partial charge in [0.05, 0.1) is 5.75 Å². The summed E-state index contributed by atoms with van der Waals surface area (Å²) in [4.78, 5) is 4.35. The molecule has 0 saturated carbocycles. The average Bonchev–Trinajstić information content (AvgIpc) is 3.24. The summed E-state index contributed by atoms with van der Waals surface area (Å²) in [7, 11) is 0. The van der Waals surface area contributed by atoms with E-state index in [0.717, 1.165) is 5.56 Å². The highest BCUT2D eigenvalue weighted by Gasteiger charge is 2.13. The van der Waals surface area contributed by atoms with Gasteiger partial charge in [0.1, 0.15) is 11.6 Å². The molecule has 0 amide bonds. The Morgan fingerprint density at radius 1 is 1.24 bits per heavy atom. The summed E-state index contributed by atoms with van der Waals surface area (Å²) < 4.78 is 5.81. The third-order valence-electron chi connectivity index (χ3n) is 3.11. The van der Waals surface area contributed by atoms with Gasteiger partial charge in [0.15, 0.2) is 11.6 Å². The molecular formula is C14H13Cl2N7OS. The van der Waals surface area contributed by atoms with Gasteiger partial charge in [-0.2, -0.15) is 10.1 Å². The third-order valence-corrected chi connectivity index (χ3v) is 4.41. The Bertz CT molecular complexity index is 888. The third kappa shape index (κ3) is 4.26. The molecule has 0 saturated heterocycles. The number of nitrogens with one attached hydrogen (secondary N) is 2.